The molecule has 0 N–H and O–H groups in total. The van der Waals surface area contributed by atoms with E-state index in [1.165, 1.54) is 13.8 Å². The van der Waals surface area contributed by atoms with Gasteiger partial charge in [-0.15, -0.1) is 0 Å². The molecule has 0 heterocycles. The van der Waals surface area contributed by atoms with Crippen molar-refractivity contribution >= 4 is 28.7 Å². The number of allylic oxidation sites excluding steroid dienone is 1. The summed E-state index contributed by atoms with van der Waals surface area (Å²) >= 11 is 4.20. The third kappa shape index (κ3) is 4.85. The number of halogens is 5. The van der Waals surface area contributed by atoms with Gasteiger partial charge < -0.3 is 4.74 Å². The molecule has 0 saturated heterocycles. The fourth-order valence-corrected chi connectivity index (χ4v) is 2.34. The molecule has 0 saturated carbocycles. The van der Waals surface area contributed by atoms with E-state index in [0.29, 0.717) is 0 Å². The lowest BCUT2D eigenvalue weighted by Crippen LogP contribution is -2.40. The van der Waals surface area contributed by atoms with Crippen LogP contribution in [-0.4, -0.2) is 33.3 Å². The minimum atomic E-state index is -5.07. The van der Waals surface area contributed by atoms with Gasteiger partial charge >= 0.3 is 10.6 Å². The Morgan fingerprint density at radius 3 is 2.11 bits per heavy atom. The molecule has 0 aromatic carbocycles. The van der Waals surface area contributed by atoms with Gasteiger partial charge in [0.2, 0.25) is 0 Å². The summed E-state index contributed by atoms with van der Waals surface area (Å²) in [6, 6.07) is 0. The highest BCUT2D eigenvalue weighted by molar-refractivity contribution is 7.91. The highest BCUT2D eigenvalue weighted by Gasteiger charge is 2.61. The van der Waals surface area contributed by atoms with E-state index < -0.39 is 31.9 Å². The summed E-state index contributed by atoms with van der Waals surface area (Å²) in [7, 11) is -3.59. The molecule has 1 atom stereocenters. The molecule has 0 aliphatic heterocycles. The lowest BCUT2D eigenvalue weighted by molar-refractivity contribution is -0.105. The molecular formula is C10H13ClF4O3S. The Bertz CT molecular complexity index is 391. The first kappa shape index (κ1) is 18.5. The van der Waals surface area contributed by atoms with Gasteiger partial charge in [0.15, 0.2) is 6.29 Å². The standard InChI is InChI=1S/C10H13ClF4O3S/c1-4-18-8(2,3)5-7(6-16)19(17)10(14,15)9(11,12)13/h5-6H,4H2,1-3H3/b7-5+. The molecule has 0 rings (SSSR count). The Morgan fingerprint density at radius 1 is 1.32 bits per heavy atom. The van der Waals surface area contributed by atoms with Crippen LogP contribution in [0.1, 0.15) is 20.8 Å². The minimum absolute atomic E-state index is 0.185. The van der Waals surface area contributed by atoms with E-state index in [9.17, 15) is 26.6 Å². The van der Waals surface area contributed by atoms with Crippen LogP contribution in [0.25, 0.3) is 0 Å². The van der Waals surface area contributed by atoms with Crippen molar-refractivity contribution in [3.8, 4) is 0 Å². The van der Waals surface area contributed by atoms with Gasteiger partial charge in [0.25, 0.3) is 0 Å². The van der Waals surface area contributed by atoms with Gasteiger partial charge in [0, 0.05) is 6.61 Å². The number of ether oxygens (including phenoxy) is 1. The molecule has 1 unspecified atom stereocenters. The smallest absolute Gasteiger partial charge is 0.372 e. The third-order valence-corrected chi connectivity index (χ3v) is 3.61. The maximum Gasteiger partial charge on any atom is 0.402 e. The molecule has 19 heavy (non-hydrogen) atoms. The summed E-state index contributed by atoms with van der Waals surface area (Å²) < 4.78 is 67.6. The van der Waals surface area contributed by atoms with Crippen LogP contribution in [-0.2, 0) is 20.3 Å². The van der Waals surface area contributed by atoms with Gasteiger partial charge in [-0.25, -0.2) is 4.21 Å². The van der Waals surface area contributed by atoms with Crippen LogP contribution in [0.4, 0.5) is 17.6 Å². The Balaban J connectivity index is 5.47. The normalized spacial score (nSPS) is 16.3. The molecule has 0 aromatic heterocycles. The zero-order chi connectivity index (χ0) is 15.5. The Hall–Kier alpha value is -0.470. The van der Waals surface area contributed by atoms with E-state index in [-0.39, 0.29) is 12.9 Å². The molecule has 9 heteroatoms. The van der Waals surface area contributed by atoms with E-state index in [0.717, 1.165) is 6.08 Å². The third-order valence-electron chi connectivity index (χ3n) is 1.90. The van der Waals surface area contributed by atoms with Crippen LogP contribution in [0.15, 0.2) is 11.0 Å². The summed E-state index contributed by atoms with van der Waals surface area (Å²) in [6.45, 7) is 4.58. The summed E-state index contributed by atoms with van der Waals surface area (Å²) in [6.07, 6.45) is 0.615. The molecule has 0 aliphatic carbocycles. The van der Waals surface area contributed by atoms with Crippen LogP contribution in [0.5, 0.6) is 0 Å². The zero-order valence-corrected chi connectivity index (χ0v) is 12.0. The first-order valence-corrected chi connectivity index (χ1v) is 6.60. The topological polar surface area (TPSA) is 43.4 Å². The first-order valence-electron chi connectivity index (χ1n) is 5.07. The number of rotatable bonds is 7. The number of alkyl halides is 5. The van der Waals surface area contributed by atoms with Gasteiger partial charge in [-0.3, -0.25) is 4.79 Å². The Kier molecular flexibility index (Phi) is 6.16. The predicted octanol–water partition coefficient (Wildman–Crippen LogP) is 3.06. The Labute approximate surface area is 115 Å². The van der Waals surface area contributed by atoms with Gasteiger partial charge in [0.1, 0.15) is 10.8 Å². The maximum absolute atomic E-state index is 13.1. The van der Waals surface area contributed by atoms with E-state index in [4.69, 9.17) is 4.74 Å². The van der Waals surface area contributed by atoms with Gasteiger partial charge in [-0.1, -0.05) is 0 Å². The fourth-order valence-electron chi connectivity index (χ4n) is 1.14. The maximum atomic E-state index is 13.1. The molecule has 0 bridgehead atoms. The quantitative estimate of drug-likeness (QED) is 0.313. The van der Waals surface area contributed by atoms with Crippen molar-refractivity contribution < 1.29 is 31.3 Å². The second-order valence-electron chi connectivity index (χ2n) is 3.98. The van der Waals surface area contributed by atoms with Crippen LogP contribution >= 0.6 is 11.6 Å². The molecule has 0 spiro atoms. The van der Waals surface area contributed by atoms with Crippen LogP contribution in [0.2, 0.25) is 0 Å². The Morgan fingerprint density at radius 2 is 1.79 bits per heavy atom. The van der Waals surface area contributed by atoms with Crippen molar-refractivity contribution in [2.45, 2.75) is 37.0 Å². The largest absolute Gasteiger partial charge is 0.402 e. The molecule has 3 nitrogen and oxygen atoms in total. The summed E-state index contributed by atoms with van der Waals surface area (Å²) in [5, 5.41) is -10.1. The van der Waals surface area contributed by atoms with Crippen LogP contribution in [0, 0.1) is 0 Å². The number of aldehydes is 1. The SMILES string of the molecule is CCOC(C)(C)/C=C(\C=O)S(=O)C(F)(F)C(F)(F)Cl. The second-order valence-corrected chi connectivity index (χ2v) is 5.98. The minimum Gasteiger partial charge on any atom is -0.372 e. The molecular weight excluding hydrogens is 312 g/mol. The van der Waals surface area contributed by atoms with Gasteiger partial charge in [-0.2, -0.15) is 17.6 Å². The van der Waals surface area contributed by atoms with Crippen molar-refractivity contribution in [2.75, 3.05) is 6.61 Å². The molecule has 0 radical (unpaired) electrons. The van der Waals surface area contributed by atoms with Crippen molar-refractivity contribution in [1.29, 1.82) is 0 Å². The van der Waals surface area contributed by atoms with E-state index in [2.05, 4.69) is 11.6 Å². The van der Waals surface area contributed by atoms with Crippen molar-refractivity contribution in [3.05, 3.63) is 11.0 Å². The van der Waals surface area contributed by atoms with E-state index in [1.54, 1.807) is 6.92 Å². The summed E-state index contributed by atoms with van der Waals surface area (Å²) in [5.41, 5.74) is -1.21. The highest BCUT2D eigenvalue weighted by atomic mass is 35.5. The first-order chi connectivity index (χ1) is 8.39. The highest BCUT2D eigenvalue weighted by Crippen LogP contribution is 2.42. The molecule has 0 aliphatic rings. The van der Waals surface area contributed by atoms with Crippen molar-refractivity contribution in [1.82, 2.24) is 0 Å². The monoisotopic (exact) mass is 324 g/mol. The van der Waals surface area contributed by atoms with E-state index in [1.807, 2.05) is 0 Å². The van der Waals surface area contributed by atoms with Gasteiger partial charge in [-0.05, 0) is 38.4 Å². The molecule has 112 valence electrons. The van der Waals surface area contributed by atoms with Crippen LogP contribution < -0.4 is 0 Å². The number of carbonyl (C=O) groups excluding carboxylic acids is 1. The molecule has 0 amide bonds. The van der Waals surface area contributed by atoms with Crippen molar-refractivity contribution in [3.63, 3.8) is 0 Å². The van der Waals surface area contributed by atoms with E-state index >= 15 is 0 Å². The summed E-state index contributed by atoms with van der Waals surface area (Å²) in [5.74, 6) is 0. The summed E-state index contributed by atoms with van der Waals surface area (Å²) in [4.78, 5) is 9.65. The second kappa shape index (κ2) is 6.32. The predicted molar refractivity (Wildman–Crippen MR) is 63.7 cm³/mol. The lowest BCUT2D eigenvalue weighted by Gasteiger charge is -2.23. The average molecular weight is 325 g/mol. The zero-order valence-electron chi connectivity index (χ0n) is 10.4. The molecule has 0 fully saturated rings. The lowest BCUT2D eigenvalue weighted by atomic mass is 10.1. The number of hydrogen-bond acceptors (Lipinski definition) is 3. The van der Waals surface area contributed by atoms with Crippen LogP contribution in [0.3, 0.4) is 0 Å². The molecule has 0 aromatic rings. The average Bonchev–Trinajstić information content (AvgIpc) is 2.23. The van der Waals surface area contributed by atoms with Crippen molar-refractivity contribution in [2.24, 2.45) is 0 Å². The number of hydrogen-bond donors (Lipinski definition) is 0. The fraction of sp³-hybridized carbons (Fsp3) is 0.700. The number of carbonyl (C=O) groups is 1. The van der Waals surface area contributed by atoms with Gasteiger partial charge in [0.05, 0.1) is 10.5 Å².